The fourth-order valence-electron chi connectivity index (χ4n) is 2.97. The number of hydrogen-bond donors (Lipinski definition) is 0. The van der Waals surface area contributed by atoms with Crippen molar-refractivity contribution in [2.24, 2.45) is 7.05 Å². The summed E-state index contributed by atoms with van der Waals surface area (Å²) in [6.45, 7) is 1.14. The standard InChI is InChI=1S/C17H18Cl2N2O3/c1-20-13(8-12(18)16(20)19)17(22)21-5-4-10-6-14(23-2)15(24-3)7-11(10)9-21/h6-8H,4-5,9H2,1-3H3. The Bertz CT molecular complexity index is 802. The van der Waals surface area contributed by atoms with Crippen LogP contribution < -0.4 is 9.47 Å². The summed E-state index contributed by atoms with van der Waals surface area (Å²) in [4.78, 5) is 14.6. The lowest BCUT2D eigenvalue weighted by atomic mass is 9.98. The number of fused-ring (bicyclic) bond motifs is 1. The first-order valence-electron chi connectivity index (χ1n) is 7.50. The van der Waals surface area contributed by atoms with Crippen molar-refractivity contribution in [3.8, 4) is 11.5 Å². The number of amides is 1. The van der Waals surface area contributed by atoms with Crippen molar-refractivity contribution in [2.45, 2.75) is 13.0 Å². The van der Waals surface area contributed by atoms with Crippen LogP contribution in [0.4, 0.5) is 0 Å². The molecule has 0 saturated carbocycles. The molecule has 7 heteroatoms. The quantitative estimate of drug-likeness (QED) is 0.831. The lowest BCUT2D eigenvalue weighted by Crippen LogP contribution is -2.36. The summed E-state index contributed by atoms with van der Waals surface area (Å²) in [6, 6.07) is 5.52. The molecule has 1 aromatic heterocycles. The van der Waals surface area contributed by atoms with E-state index in [0.29, 0.717) is 40.5 Å². The normalized spacial score (nSPS) is 13.6. The van der Waals surface area contributed by atoms with Crippen LogP contribution in [-0.2, 0) is 20.0 Å². The van der Waals surface area contributed by atoms with Crippen molar-refractivity contribution in [2.75, 3.05) is 20.8 Å². The number of methoxy groups -OCH3 is 2. The number of benzene rings is 1. The van der Waals surface area contributed by atoms with E-state index in [4.69, 9.17) is 32.7 Å². The summed E-state index contributed by atoms with van der Waals surface area (Å²) in [6.07, 6.45) is 0.757. The van der Waals surface area contributed by atoms with Gasteiger partial charge >= 0.3 is 0 Å². The Labute approximate surface area is 150 Å². The maximum atomic E-state index is 12.8. The molecular weight excluding hydrogens is 351 g/mol. The topological polar surface area (TPSA) is 43.7 Å². The summed E-state index contributed by atoms with van der Waals surface area (Å²) in [7, 11) is 4.95. The van der Waals surface area contributed by atoms with Crippen LogP contribution in [-0.4, -0.2) is 36.1 Å². The van der Waals surface area contributed by atoms with E-state index in [1.165, 1.54) is 5.56 Å². The molecule has 1 aliphatic rings. The van der Waals surface area contributed by atoms with Gasteiger partial charge in [0.05, 0.1) is 19.2 Å². The van der Waals surface area contributed by atoms with E-state index in [1.54, 1.807) is 36.8 Å². The molecule has 2 heterocycles. The first-order chi connectivity index (χ1) is 11.5. The highest BCUT2D eigenvalue weighted by atomic mass is 35.5. The second-order valence-electron chi connectivity index (χ2n) is 5.68. The Morgan fingerprint density at radius 3 is 2.25 bits per heavy atom. The predicted octanol–water partition coefficient (Wildman–Crippen LogP) is 3.55. The Balaban J connectivity index is 1.89. The number of nitrogens with zero attached hydrogens (tertiary/aromatic N) is 2. The zero-order valence-electron chi connectivity index (χ0n) is 13.7. The van der Waals surface area contributed by atoms with E-state index < -0.39 is 0 Å². The molecule has 0 atom stereocenters. The van der Waals surface area contributed by atoms with Crippen LogP contribution in [0.25, 0.3) is 0 Å². The first kappa shape index (κ1) is 17.0. The molecule has 2 aromatic rings. The molecule has 1 aromatic carbocycles. The van der Waals surface area contributed by atoms with Gasteiger partial charge in [-0.05, 0) is 35.7 Å². The Hall–Kier alpha value is -1.85. The monoisotopic (exact) mass is 368 g/mol. The molecule has 0 unspecified atom stereocenters. The van der Waals surface area contributed by atoms with Crippen molar-refractivity contribution < 1.29 is 14.3 Å². The van der Waals surface area contributed by atoms with Crippen molar-refractivity contribution in [3.05, 3.63) is 45.2 Å². The van der Waals surface area contributed by atoms with Crippen LogP contribution in [0.5, 0.6) is 11.5 Å². The minimum absolute atomic E-state index is 0.0910. The fourth-order valence-corrected chi connectivity index (χ4v) is 3.34. The second kappa shape index (κ2) is 6.57. The van der Waals surface area contributed by atoms with Gasteiger partial charge in [-0.25, -0.2) is 0 Å². The highest BCUT2D eigenvalue weighted by molar-refractivity contribution is 6.41. The summed E-state index contributed by atoms with van der Waals surface area (Å²) in [5, 5.41) is 0.746. The molecule has 0 saturated heterocycles. The third kappa shape index (κ3) is 2.82. The smallest absolute Gasteiger partial charge is 0.270 e. The van der Waals surface area contributed by atoms with Crippen LogP contribution in [0.3, 0.4) is 0 Å². The van der Waals surface area contributed by atoms with E-state index >= 15 is 0 Å². The van der Waals surface area contributed by atoms with Crippen LogP contribution in [0.15, 0.2) is 18.2 Å². The molecule has 0 spiro atoms. The Morgan fingerprint density at radius 2 is 1.71 bits per heavy atom. The molecule has 0 radical (unpaired) electrons. The van der Waals surface area contributed by atoms with E-state index in [9.17, 15) is 4.79 Å². The van der Waals surface area contributed by atoms with Gasteiger partial charge in [0.15, 0.2) is 11.5 Å². The van der Waals surface area contributed by atoms with Gasteiger partial charge in [-0.2, -0.15) is 0 Å². The van der Waals surface area contributed by atoms with Crippen molar-refractivity contribution in [1.29, 1.82) is 0 Å². The summed E-state index contributed by atoms with van der Waals surface area (Å²) < 4.78 is 12.3. The van der Waals surface area contributed by atoms with Gasteiger partial charge in [-0.3, -0.25) is 4.79 Å². The van der Waals surface area contributed by atoms with Gasteiger partial charge < -0.3 is 18.9 Å². The zero-order valence-corrected chi connectivity index (χ0v) is 15.2. The fraction of sp³-hybridized carbons (Fsp3) is 0.353. The van der Waals surface area contributed by atoms with Crippen LogP contribution in [0.1, 0.15) is 21.6 Å². The Kier molecular flexibility index (Phi) is 4.65. The predicted molar refractivity (Wildman–Crippen MR) is 93.4 cm³/mol. The molecule has 0 fully saturated rings. The molecule has 1 aliphatic heterocycles. The van der Waals surface area contributed by atoms with Crippen molar-refractivity contribution in [3.63, 3.8) is 0 Å². The molecule has 5 nitrogen and oxygen atoms in total. The minimum Gasteiger partial charge on any atom is -0.493 e. The Morgan fingerprint density at radius 1 is 1.08 bits per heavy atom. The van der Waals surface area contributed by atoms with E-state index in [-0.39, 0.29) is 5.91 Å². The molecule has 128 valence electrons. The molecular formula is C17H18Cl2N2O3. The number of carbonyl (C=O) groups is 1. The van der Waals surface area contributed by atoms with Crippen molar-refractivity contribution in [1.82, 2.24) is 9.47 Å². The average Bonchev–Trinajstić information content (AvgIpc) is 2.86. The molecule has 24 heavy (non-hydrogen) atoms. The summed E-state index contributed by atoms with van der Waals surface area (Å²) in [5.74, 6) is 1.28. The van der Waals surface area contributed by atoms with Crippen LogP contribution in [0, 0.1) is 0 Å². The molecule has 3 rings (SSSR count). The van der Waals surface area contributed by atoms with Gasteiger partial charge in [-0.1, -0.05) is 23.2 Å². The van der Waals surface area contributed by atoms with Gasteiger partial charge in [0.25, 0.3) is 5.91 Å². The summed E-state index contributed by atoms with van der Waals surface area (Å²) >= 11 is 12.1. The largest absolute Gasteiger partial charge is 0.493 e. The van der Waals surface area contributed by atoms with Gasteiger partial charge in [-0.15, -0.1) is 0 Å². The van der Waals surface area contributed by atoms with Crippen LogP contribution >= 0.6 is 23.2 Å². The van der Waals surface area contributed by atoms with Gasteiger partial charge in [0.2, 0.25) is 0 Å². The number of hydrogen-bond acceptors (Lipinski definition) is 3. The van der Waals surface area contributed by atoms with E-state index in [1.807, 2.05) is 12.1 Å². The SMILES string of the molecule is COc1cc2c(cc1OC)CN(C(=O)c1cc(Cl)c(Cl)n1C)CC2. The highest BCUT2D eigenvalue weighted by Crippen LogP contribution is 2.34. The van der Waals surface area contributed by atoms with E-state index in [0.717, 1.165) is 12.0 Å². The average molecular weight is 369 g/mol. The first-order valence-corrected chi connectivity index (χ1v) is 8.25. The molecule has 0 N–H and O–H groups in total. The van der Waals surface area contributed by atoms with Gasteiger partial charge in [0.1, 0.15) is 10.8 Å². The third-order valence-electron chi connectivity index (χ3n) is 4.34. The molecule has 1 amide bonds. The molecule has 0 bridgehead atoms. The van der Waals surface area contributed by atoms with E-state index in [2.05, 4.69) is 0 Å². The number of rotatable bonds is 3. The van der Waals surface area contributed by atoms with Crippen molar-refractivity contribution >= 4 is 29.1 Å². The lowest BCUT2D eigenvalue weighted by Gasteiger charge is -2.29. The zero-order chi connectivity index (χ0) is 17.4. The second-order valence-corrected chi connectivity index (χ2v) is 6.45. The lowest BCUT2D eigenvalue weighted by molar-refractivity contribution is 0.0724. The minimum atomic E-state index is -0.0910. The third-order valence-corrected chi connectivity index (χ3v) is 5.18. The summed E-state index contributed by atoms with van der Waals surface area (Å²) in [5.41, 5.74) is 2.70. The maximum absolute atomic E-state index is 12.8. The van der Waals surface area contributed by atoms with Gasteiger partial charge in [0, 0.05) is 20.1 Å². The number of ether oxygens (including phenoxy) is 2. The molecule has 0 aliphatic carbocycles. The number of aromatic nitrogens is 1. The number of carbonyl (C=O) groups excluding carboxylic acids is 1. The number of halogens is 2. The maximum Gasteiger partial charge on any atom is 0.270 e. The highest BCUT2D eigenvalue weighted by Gasteiger charge is 2.26. The van der Waals surface area contributed by atoms with Crippen LogP contribution in [0.2, 0.25) is 10.2 Å².